The first kappa shape index (κ1) is 22.2. The van der Waals surface area contributed by atoms with E-state index in [2.05, 4.69) is 26.2 Å². The number of aromatic nitrogens is 4. The summed E-state index contributed by atoms with van der Waals surface area (Å²) in [5.41, 5.74) is 9.05. The van der Waals surface area contributed by atoms with Gasteiger partial charge in [-0.25, -0.2) is 23.1 Å². The van der Waals surface area contributed by atoms with Crippen molar-refractivity contribution in [3.8, 4) is 0 Å². The lowest BCUT2D eigenvalue weighted by Gasteiger charge is -2.13. The van der Waals surface area contributed by atoms with Crippen molar-refractivity contribution in [3.05, 3.63) is 66.6 Å². The largest absolute Gasteiger partial charge is 0.382 e. The molecule has 34 heavy (non-hydrogen) atoms. The van der Waals surface area contributed by atoms with Crippen LogP contribution < -0.4 is 10.5 Å². The van der Waals surface area contributed by atoms with Gasteiger partial charge in [-0.3, -0.25) is 4.98 Å². The van der Waals surface area contributed by atoms with Crippen molar-refractivity contribution in [2.75, 3.05) is 12.3 Å². The lowest BCUT2D eigenvalue weighted by Crippen LogP contribution is -2.28. The molecular formula is C25H26N6O2S. The maximum absolute atomic E-state index is 13.2. The van der Waals surface area contributed by atoms with E-state index >= 15 is 0 Å². The minimum absolute atomic E-state index is 0.172. The van der Waals surface area contributed by atoms with E-state index in [9.17, 15) is 8.42 Å². The summed E-state index contributed by atoms with van der Waals surface area (Å²) in [7, 11) is -3.76. The van der Waals surface area contributed by atoms with E-state index in [1.54, 1.807) is 24.4 Å². The Hall–Kier alpha value is -3.56. The van der Waals surface area contributed by atoms with Gasteiger partial charge in [-0.15, -0.1) is 0 Å². The van der Waals surface area contributed by atoms with E-state index in [0.29, 0.717) is 23.4 Å². The fourth-order valence-electron chi connectivity index (χ4n) is 4.33. The Kier molecular flexibility index (Phi) is 5.89. The Morgan fingerprint density at radius 2 is 1.82 bits per heavy atom. The van der Waals surface area contributed by atoms with Crippen LogP contribution in [0.25, 0.3) is 32.8 Å². The maximum Gasteiger partial charge on any atom is 0.242 e. The van der Waals surface area contributed by atoms with Gasteiger partial charge in [-0.05, 0) is 24.6 Å². The number of fused-ring (bicyclic) bond motifs is 4. The Labute approximate surface area is 197 Å². The number of hydrogen-bond donors (Lipinski definition) is 2. The van der Waals surface area contributed by atoms with E-state index in [4.69, 9.17) is 10.7 Å². The number of aryl methyl sites for hydroxylation is 1. The summed E-state index contributed by atoms with van der Waals surface area (Å²) in [6, 6.07) is 16.6. The van der Waals surface area contributed by atoms with Crippen LogP contribution in [-0.2, 0) is 23.0 Å². The summed E-state index contributed by atoms with van der Waals surface area (Å²) < 4.78 is 31.1. The van der Waals surface area contributed by atoms with E-state index in [1.165, 1.54) is 0 Å². The summed E-state index contributed by atoms with van der Waals surface area (Å²) in [6.07, 6.45) is 4.38. The molecule has 3 aromatic heterocycles. The smallest absolute Gasteiger partial charge is 0.242 e. The first-order valence-electron chi connectivity index (χ1n) is 11.4. The number of imidazole rings is 1. The van der Waals surface area contributed by atoms with Gasteiger partial charge in [0.1, 0.15) is 16.2 Å². The molecule has 174 valence electrons. The zero-order chi connectivity index (χ0) is 23.7. The molecule has 0 unspecified atom stereocenters. The highest BCUT2D eigenvalue weighted by Gasteiger charge is 2.20. The fourth-order valence-corrected chi connectivity index (χ4v) is 5.53. The predicted octanol–water partition coefficient (Wildman–Crippen LogP) is 4.04. The number of nitrogens with zero attached hydrogens (tertiary/aromatic N) is 4. The Morgan fingerprint density at radius 1 is 1.00 bits per heavy atom. The summed E-state index contributed by atoms with van der Waals surface area (Å²) in [5, 5.41) is 1.73. The lowest BCUT2D eigenvalue weighted by molar-refractivity contribution is 0.570. The SMILES string of the molecule is CCCCc1nc2c(N)nc3ccccc3c2n1CCNS(=O)(=O)c1cccc2cccnc12. The second kappa shape index (κ2) is 9.00. The van der Waals surface area contributed by atoms with Gasteiger partial charge in [-0.1, -0.05) is 49.7 Å². The highest BCUT2D eigenvalue weighted by molar-refractivity contribution is 7.89. The number of benzene rings is 2. The number of nitrogens with two attached hydrogens (primary N) is 1. The quantitative estimate of drug-likeness (QED) is 0.351. The molecule has 8 nitrogen and oxygen atoms in total. The third-order valence-corrected chi connectivity index (χ3v) is 7.45. The van der Waals surface area contributed by atoms with E-state index in [1.807, 2.05) is 36.4 Å². The average Bonchev–Trinajstić information content (AvgIpc) is 3.21. The number of nitrogens with one attached hydrogen (secondary N) is 1. The standard InChI is InChI=1S/C25H26N6O2S/c1-2-3-13-21-30-23-24(18-10-4-5-11-19(18)29-25(23)26)31(21)16-15-28-34(32,33)20-12-6-8-17-9-7-14-27-22(17)20/h4-12,14,28H,2-3,13,15-16H2,1H3,(H2,26,29). The van der Waals surface area contributed by atoms with Crippen molar-refractivity contribution in [2.45, 2.75) is 37.6 Å². The highest BCUT2D eigenvalue weighted by atomic mass is 32.2. The molecule has 3 heterocycles. The molecule has 0 aliphatic carbocycles. The second-order valence-corrected chi connectivity index (χ2v) is 9.96. The highest BCUT2D eigenvalue weighted by Crippen LogP contribution is 2.29. The zero-order valence-electron chi connectivity index (χ0n) is 18.9. The third-order valence-electron chi connectivity index (χ3n) is 5.96. The molecular weight excluding hydrogens is 448 g/mol. The monoisotopic (exact) mass is 474 g/mol. The van der Waals surface area contributed by atoms with Gasteiger partial charge in [-0.2, -0.15) is 0 Å². The van der Waals surface area contributed by atoms with Crippen LogP contribution in [0.1, 0.15) is 25.6 Å². The number of rotatable bonds is 8. The molecule has 0 amide bonds. The Bertz CT molecular complexity index is 1610. The van der Waals surface area contributed by atoms with Gasteiger partial charge in [0.2, 0.25) is 10.0 Å². The van der Waals surface area contributed by atoms with Crippen LogP contribution in [-0.4, -0.2) is 34.5 Å². The minimum Gasteiger partial charge on any atom is -0.382 e. The molecule has 0 atom stereocenters. The van der Waals surface area contributed by atoms with Crippen molar-refractivity contribution >= 4 is 48.7 Å². The molecule has 9 heteroatoms. The molecule has 0 radical (unpaired) electrons. The molecule has 0 spiro atoms. The number of para-hydroxylation sites is 2. The second-order valence-electron chi connectivity index (χ2n) is 8.22. The molecule has 3 N–H and O–H groups in total. The minimum atomic E-state index is -3.76. The number of hydrogen-bond acceptors (Lipinski definition) is 6. The van der Waals surface area contributed by atoms with Crippen LogP contribution in [0.2, 0.25) is 0 Å². The molecule has 0 bridgehead atoms. The number of pyridine rings is 2. The molecule has 0 saturated carbocycles. The Morgan fingerprint density at radius 3 is 2.68 bits per heavy atom. The van der Waals surface area contributed by atoms with E-state index in [0.717, 1.165) is 46.9 Å². The van der Waals surface area contributed by atoms with Crippen LogP contribution in [0.4, 0.5) is 5.82 Å². The average molecular weight is 475 g/mol. The third kappa shape index (κ3) is 3.97. The molecule has 2 aromatic carbocycles. The maximum atomic E-state index is 13.2. The zero-order valence-corrected chi connectivity index (χ0v) is 19.7. The fraction of sp³-hybridized carbons (Fsp3) is 0.240. The molecule has 0 aliphatic rings. The Balaban J connectivity index is 1.51. The van der Waals surface area contributed by atoms with Crippen molar-refractivity contribution < 1.29 is 8.42 Å². The molecule has 0 saturated heterocycles. The molecule has 0 fully saturated rings. The van der Waals surface area contributed by atoms with Crippen molar-refractivity contribution in [3.63, 3.8) is 0 Å². The summed E-state index contributed by atoms with van der Waals surface area (Å²) in [5.74, 6) is 1.26. The molecule has 5 rings (SSSR count). The van der Waals surface area contributed by atoms with Crippen molar-refractivity contribution in [1.29, 1.82) is 0 Å². The topological polar surface area (TPSA) is 116 Å². The van der Waals surface area contributed by atoms with Gasteiger partial charge >= 0.3 is 0 Å². The van der Waals surface area contributed by atoms with E-state index < -0.39 is 10.0 Å². The van der Waals surface area contributed by atoms with Gasteiger partial charge in [0.25, 0.3) is 0 Å². The van der Waals surface area contributed by atoms with E-state index in [-0.39, 0.29) is 11.4 Å². The van der Waals surface area contributed by atoms with Crippen LogP contribution >= 0.6 is 0 Å². The van der Waals surface area contributed by atoms with Crippen LogP contribution in [0.5, 0.6) is 0 Å². The lowest BCUT2D eigenvalue weighted by atomic mass is 10.2. The number of nitrogen functional groups attached to an aromatic ring is 1. The summed E-state index contributed by atoms with van der Waals surface area (Å²) >= 11 is 0. The molecule has 0 aliphatic heterocycles. The number of sulfonamides is 1. The summed E-state index contributed by atoms with van der Waals surface area (Å²) in [4.78, 5) is 13.8. The first-order valence-corrected chi connectivity index (χ1v) is 12.8. The summed E-state index contributed by atoms with van der Waals surface area (Å²) in [6.45, 7) is 2.75. The van der Waals surface area contributed by atoms with Gasteiger partial charge in [0, 0.05) is 36.5 Å². The van der Waals surface area contributed by atoms with Gasteiger partial charge < -0.3 is 10.3 Å². The van der Waals surface area contributed by atoms with Crippen molar-refractivity contribution in [1.82, 2.24) is 24.2 Å². The van der Waals surface area contributed by atoms with Crippen LogP contribution in [0.3, 0.4) is 0 Å². The van der Waals surface area contributed by atoms with Crippen molar-refractivity contribution in [2.24, 2.45) is 0 Å². The normalized spacial score (nSPS) is 12.1. The van der Waals surface area contributed by atoms with Gasteiger partial charge in [0.05, 0.1) is 16.6 Å². The number of unbranched alkanes of at least 4 members (excludes halogenated alkanes) is 1. The number of anilines is 1. The van der Waals surface area contributed by atoms with Gasteiger partial charge in [0.15, 0.2) is 5.82 Å². The predicted molar refractivity (Wildman–Crippen MR) is 135 cm³/mol. The molecule has 5 aromatic rings. The first-order chi connectivity index (χ1) is 16.5. The van der Waals surface area contributed by atoms with Crippen LogP contribution in [0, 0.1) is 0 Å². The van der Waals surface area contributed by atoms with Crippen LogP contribution in [0.15, 0.2) is 65.7 Å².